The molecule has 1 aliphatic heterocycles. The molecule has 3 atom stereocenters. The highest BCUT2D eigenvalue weighted by molar-refractivity contribution is 4.84. The lowest BCUT2D eigenvalue weighted by Gasteiger charge is -2.38. The third kappa shape index (κ3) is 4.04. The van der Waals surface area contributed by atoms with Gasteiger partial charge >= 0.3 is 0 Å². The van der Waals surface area contributed by atoms with Gasteiger partial charge in [0.1, 0.15) is 0 Å². The minimum absolute atomic E-state index is 0.00512. The van der Waals surface area contributed by atoms with Crippen LogP contribution in [-0.2, 0) is 0 Å². The fourth-order valence-corrected chi connectivity index (χ4v) is 2.49. The molecule has 0 aromatic carbocycles. The summed E-state index contributed by atoms with van der Waals surface area (Å²) >= 11 is 0. The molecule has 0 radical (unpaired) electrons. The Morgan fingerprint density at radius 1 is 1.38 bits per heavy atom. The quantitative estimate of drug-likeness (QED) is 0.765. The van der Waals surface area contributed by atoms with Gasteiger partial charge in [-0.15, -0.1) is 0 Å². The first-order valence-corrected chi connectivity index (χ1v) is 6.36. The van der Waals surface area contributed by atoms with Gasteiger partial charge in [-0.3, -0.25) is 0 Å². The standard InChI is InChI=1S/C13H28N2O/c1-13(2,3)12(16)7-10-6-11(14-4)9-15(5)8-10/h10-12,14,16H,6-9H2,1-5H3. The Hall–Kier alpha value is -0.120. The average Bonchev–Trinajstić information content (AvgIpc) is 2.15. The van der Waals surface area contributed by atoms with E-state index in [1.807, 2.05) is 7.05 Å². The second-order valence-electron chi connectivity index (χ2n) is 6.43. The number of aliphatic hydroxyl groups excluding tert-OH is 1. The van der Waals surface area contributed by atoms with E-state index in [0.717, 1.165) is 19.5 Å². The maximum Gasteiger partial charge on any atom is 0.0591 e. The highest BCUT2D eigenvalue weighted by atomic mass is 16.3. The smallest absolute Gasteiger partial charge is 0.0591 e. The number of likely N-dealkylation sites (N-methyl/N-ethyl adjacent to an activating group) is 2. The number of nitrogens with one attached hydrogen (secondary N) is 1. The summed E-state index contributed by atoms with van der Waals surface area (Å²) in [7, 11) is 4.20. The molecule has 3 heteroatoms. The van der Waals surface area contributed by atoms with E-state index in [9.17, 15) is 5.11 Å². The van der Waals surface area contributed by atoms with Crippen molar-refractivity contribution in [1.82, 2.24) is 10.2 Å². The van der Waals surface area contributed by atoms with Crippen LogP contribution < -0.4 is 5.32 Å². The normalized spacial score (nSPS) is 30.4. The van der Waals surface area contributed by atoms with E-state index in [0.29, 0.717) is 12.0 Å². The minimum Gasteiger partial charge on any atom is -0.393 e. The summed E-state index contributed by atoms with van der Waals surface area (Å²) in [5.74, 6) is 0.616. The molecule has 0 amide bonds. The summed E-state index contributed by atoms with van der Waals surface area (Å²) < 4.78 is 0. The molecule has 1 fully saturated rings. The molecule has 3 nitrogen and oxygen atoms in total. The second-order valence-corrected chi connectivity index (χ2v) is 6.43. The predicted octanol–water partition coefficient (Wildman–Crippen LogP) is 1.32. The molecule has 3 unspecified atom stereocenters. The number of likely N-dealkylation sites (tertiary alicyclic amines) is 1. The van der Waals surface area contributed by atoms with Crippen LogP contribution in [0.3, 0.4) is 0 Å². The van der Waals surface area contributed by atoms with Gasteiger partial charge in [0.2, 0.25) is 0 Å². The maximum atomic E-state index is 10.1. The third-order valence-electron chi connectivity index (χ3n) is 3.68. The van der Waals surface area contributed by atoms with E-state index in [-0.39, 0.29) is 11.5 Å². The van der Waals surface area contributed by atoms with Crippen molar-refractivity contribution in [2.75, 3.05) is 27.2 Å². The lowest BCUT2D eigenvalue weighted by atomic mass is 9.80. The van der Waals surface area contributed by atoms with Gasteiger partial charge in [-0.1, -0.05) is 20.8 Å². The Bertz CT molecular complexity index is 212. The molecule has 1 saturated heterocycles. The largest absolute Gasteiger partial charge is 0.393 e. The third-order valence-corrected chi connectivity index (χ3v) is 3.68. The van der Waals surface area contributed by atoms with Crippen LogP contribution in [0.1, 0.15) is 33.6 Å². The van der Waals surface area contributed by atoms with Crippen LogP contribution >= 0.6 is 0 Å². The molecule has 0 bridgehead atoms. The van der Waals surface area contributed by atoms with Gasteiger partial charge in [-0.25, -0.2) is 0 Å². The Morgan fingerprint density at radius 3 is 2.50 bits per heavy atom. The Morgan fingerprint density at radius 2 is 2.00 bits per heavy atom. The van der Waals surface area contributed by atoms with Gasteiger partial charge in [0.15, 0.2) is 0 Å². The Kier molecular flexibility index (Phi) is 4.77. The van der Waals surface area contributed by atoms with E-state index >= 15 is 0 Å². The second kappa shape index (κ2) is 5.48. The molecule has 2 N–H and O–H groups in total. The highest BCUT2D eigenvalue weighted by Gasteiger charge is 2.30. The van der Waals surface area contributed by atoms with E-state index < -0.39 is 0 Å². The number of aliphatic hydroxyl groups is 1. The molecule has 1 heterocycles. The summed E-state index contributed by atoms with van der Waals surface area (Å²) in [6, 6.07) is 0.580. The molecule has 1 rings (SSSR count). The zero-order chi connectivity index (χ0) is 12.3. The van der Waals surface area contributed by atoms with Crippen molar-refractivity contribution >= 4 is 0 Å². The molecular formula is C13H28N2O. The minimum atomic E-state index is -0.193. The molecule has 1 aliphatic rings. The number of piperidine rings is 1. The van der Waals surface area contributed by atoms with Crippen LogP contribution in [0.2, 0.25) is 0 Å². The molecule has 0 spiro atoms. The van der Waals surface area contributed by atoms with Crippen LogP contribution in [-0.4, -0.2) is 49.3 Å². The van der Waals surface area contributed by atoms with Gasteiger partial charge in [-0.2, -0.15) is 0 Å². The summed E-state index contributed by atoms with van der Waals surface area (Å²) in [5, 5.41) is 13.5. The number of rotatable bonds is 3. The van der Waals surface area contributed by atoms with E-state index in [1.54, 1.807) is 0 Å². The van der Waals surface area contributed by atoms with Crippen molar-refractivity contribution in [2.24, 2.45) is 11.3 Å². The van der Waals surface area contributed by atoms with Crippen molar-refractivity contribution in [2.45, 2.75) is 45.8 Å². The Labute approximate surface area is 100 Å². The van der Waals surface area contributed by atoms with Crippen LogP contribution in [0, 0.1) is 11.3 Å². The van der Waals surface area contributed by atoms with Crippen molar-refractivity contribution in [3.63, 3.8) is 0 Å². The first kappa shape index (κ1) is 13.9. The van der Waals surface area contributed by atoms with Crippen LogP contribution in [0.15, 0.2) is 0 Å². The molecule has 0 aliphatic carbocycles. The van der Waals surface area contributed by atoms with Gasteiger partial charge < -0.3 is 15.3 Å². The van der Waals surface area contributed by atoms with E-state index in [1.165, 1.54) is 6.42 Å². The van der Waals surface area contributed by atoms with Crippen LogP contribution in [0.5, 0.6) is 0 Å². The molecule has 0 aromatic rings. The summed E-state index contributed by atoms with van der Waals surface area (Å²) in [5.41, 5.74) is 0.00512. The predicted molar refractivity (Wildman–Crippen MR) is 68.5 cm³/mol. The first-order chi connectivity index (χ1) is 7.32. The lowest BCUT2D eigenvalue weighted by Crippen LogP contribution is -2.47. The molecule has 0 aromatic heterocycles. The molecule has 96 valence electrons. The number of hydrogen-bond acceptors (Lipinski definition) is 3. The van der Waals surface area contributed by atoms with Crippen LogP contribution in [0.25, 0.3) is 0 Å². The van der Waals surface area contributed by atoms with Crippen molar-refractivity contribution < 1.29 is 5.11 Å². The number of nitrogens with zero attached hydrogens (tertiary/aromatic N) is 1. The fraction of sp³-hybridized carbons (Fsp3) is 1.00. The van der Waals surface area contributed by atoms with Crippen molar-refractivity contribution in [3.8, 4) is 0 Å². The number of hydrogen-bond donors (Lipinski definition) is 2. The van der Waals surface area contributed by atoms with Gasteiger partial charge in [0, 0.05) is 19.1 Å². The van der Waals surface area contributed by atoms with Gasteiger partial charge in [0.25, 0.3) is 0 Å². The van der Waals surface area contributed by atoms with E-state index in [2.05, 4.69) is 38.0 Å². The lowest BCUT2D eigenvalue weighted by molar-refractivity contribution is 0.0258. The first-order valence-electron chi connectivity index (χ1n) is 6.36. The fourth-order valence-electron chi connectivity index (χ4n) is 2.49. The van der Waals surface area contributed by atoms with Crippen molar-refractivity contribution in [3.05, 3.63) is 0 Å². The maximum absolute atomic E-state index is 10.1. The van der Waals surface area contributed by atoms with Crippen molar-refractivity contribution in [1.29, 1.82) is 0 Å². The molecule has 0 saturated carbocycles. The summed E-state index contributed by atoms with van der Waals surface area (Å²) in [4.78, 5) is 2.37. The van der Waals surface area contributed by atoms with Gasteiger partial charge in [0.05, 0.1) is 6.10 Å². The molecular weight excluding hydrogens is 200 g/mol. The van der Waals surface area contributed by atoms with E-state index in [4.69, 9.17) is 0 Å². The topological polar surface area (TPSA) is 35.5 Å². The monoisotopic (exact) mass is 228 g/mol. The van der Waals surface area contributed by atoms with Gasteiger partial charge in [-0.05, 0) is 38.3 Å². The SMILES string of the molecule is CNC1CC(CC(O)C(C)(C)C)CN(C)C1. The zero-order valence-electron chi connectivity index (χ0n) is 11.5. The Balaban J connectivity index is 2.47. The zero-order valence-corrected chi connectivity index (χ0v) is 11.5. The van der Waals surface area contributed by atoms with Crippen LogP contribution in [0.4, 0.5) is 0 Å². The summed E-state index contributed by atoms with van der Waals surface area (Å²) in [6.45, 7) is 8.57. The average molecular weight is 228 g/mol. The highest BCUT2D eigenvalue weighted by Crippen LogP contribution is 2.28. The molecule has 16 heavy (non-hydrogen) atoms. The summed E-state index contributed by atoms with van der Waals surface area (Å²) in [6.07, 6.45) is 1.92.